The molecule has 1 heterocycles. The second-order valence-electron chi connectivity index (χ2n) is 3.42. The second-order valence-corrected chi connectivity index (χ2v) is 4.76. The van der Waals surface area contributed by atoms with E-state index in [0.717, 1.165) is 4.88 Å². The highest BCUT2D eigenvalue weighted by Crippen LogP contribution is 2.20. The van der Waals surface area contributed by atoms with Crippen LogP contribution in [0.15, 0.2) is 6.07 Å². The van der Waals surface area contributed by atoms with Crippen LogP contribution in [0.5, 0.6) is 0 Å². The number of hydrogen-bond acceptors (Lipinski definition) is 3. The van der Waals surface area contributed by atoms with Crippen LogP contribution in [0.1, 0.15) is 15.3 Å². The van der Waals surface area contributed by atoms with Gasteiger partial charge in [-0.05, 0) is 25.5 Å². The molecule has 0 fully saturated rings. The van der Waals surface area contributed by atoms with Gasteiger partial charge in [0.25, 0.3) is 0 Å². The topological polar surface area (TPSA) is 21.3 Å². The van der Waals surface area contributed by atoms with Gasteiger partial charge in [-0.3, -0.25) is 4.74 Å². The van der Waals surface area contributed by atoms with Crippen molar-refractivity contribution >= 4 is 11.3 Å². The fourth-order valence-electron chi connectivity index (χ4n) is 1.19. The molecule has 92 valence electrons. The quantitative estimate of drug-likeness (QED) is 0.814. The van der Waals surface area contributed by atoms with Gasteiger partial charge in [0.1, 0.15) is 0 Å². The normalized spacial score (nSPS) is 12.1. The van der Waals surface area contributed by atoms with Gasteiger partial charge in [-0.15, -0.1) is 24.5 Å². The summed E-state index contributed by atoms with van der Waals surface area (Å²) in [6.07, 6.45) is -4.53. The average Bonchev–Trinajstić information content (AvgIpc) is 2.44. The number of thiophene rings is 1. The molecule has 0 spiro atoms. The molecular formula is C10H14F3NOS. The van der Waals surface area contributed by atoms with E-state index in [2.05, 4.69) is 10.1 Å². The maximum absolute atomic E-state index is 11.6. The van der Waals surface area contributed by atoms with Crippen LogP contribution < -0.4 is 5.32 Å². The predicted molar refractivity (Wildman–Crippen MR) is 57.5 cm³/mol. The fraction of sp³-hybridized carbons (Fsp3) is 0.600. The van der Waals surface area contributed by atoms with Crippen molar-refractivity contribution in [1.82, 2.24) is 5.32 Å². The van der Waals surface area contributed by atoms with Crippen LogP contribution in [0.4, 0.5) is 13.2 Å². The van der Waals surface area contributed by atoms with Crippen molar-refractivity contribution in [2.75, 3.05) is 13.2 Å². The van der Waals surface area contributed by atoms with Crippen molar-refractivity contribution in [3.8, 4) is 0 Å². The molecule has 0 radical (unpaired) electrons. The molecule has 0 saturated carbocycles. The highest BCUT2D eigenvalue weighted by atomic mass is 32.1. The summed E-state index contributed by atoms with van der Waals surface area (Å²) in [5.74, 6) is 0. The van der Waals surface area contributed by atoms with Crippen LogP contribution in [0.2, 0.25) is 0 Å². The van der Waals surface area contributed by atoms with E-state index < -0.39 is 6.36 Å². The molecule has 0 unspecified atom stereocenters. The molecule has 1 rings (SSSR count). The largest absolute Gasteiger partial charge is 0.522 e. The van der Waals surface area contributed by atoms with Crippen molar-refractivity contribution in [1.29, 1.82) is 0 Å². The van der Waals surface area contributed by atoms with Crippen LogP contribution in [-0.2, 0) is 11.3 Å². The van der Waals surface area contributed by atoms with Crippen molar-refractivity contribution in [2.24, 2.45) is 0 Å². The summed E-state index contributed by atoms with van der Waals surface area (Å²) < 4.78 is 38.5. The fourth-order valence-corrected chi connectivity index (χ4v) is 2.21. The first-order chi connectivity index (χ1) is 7.38. The minimum absolute atomic E-state index is 0.190. The van der Waals surface area contributed by atoms with Gasteiger partial charge in [0.2, 0.25) is 0 Å². The summed E-state index contributed by atoms with van der Waals surface area (Å²) in [6, 6.07) is 2.04. The van der Waals surface area contributed by atoms with Gasteiger partial charge in [-0.1, -0.05) is 0 Å². The smallest absolute Gasteiger partial charge is 0.310 e. The molecule has 0 aliphatic rings. The number of ether oxygens (including phenoxy) is 1. The molecule has 16 heavy (non-hydrogen) atoms. The Balaban J connectivity index is 2.16. The van der Waals surface area contributed by atoms with E-state index in [1.165, 1.54) is 10.4 Å². The molecule has 2 nitrogen and oxygen atoms in total. The van der Waals surface area contributed by atoms with Gasteiger partial charge in [0.05, 0.1) is 6.61 Å². The van der Waals surface area contributed by atoms with Crippen molar-refractivity contribution in [2.45, 2.75) is 26.8 Å². The van der Waals surface area contributed by atoms with Crippen LogP contribution in [-0.4, -0.2) is 19.5 Å². The Morgan fingerprint density at radius 3 is 2.56 bits per heavy atom. The Hall–Kier alpha value is -0.590. The first kappa shape index (κ1) is 13.5. The Labute approximate surface area is 96.4 Å². The molecule has 1 N–H and O–H groups in total. The molecule has 0 atom stereocenters. The van der Waals surface area contributed by atoms with E-state index in [1.807, 2.05) is 19.9 Å². The lowest BCUT2D eigenvalue weighted by molar-refractivity contribution is -0.323. The number of hydrogen-bond donors (Lipinski definition) is 1. The van der Waals surface area contributed by atoms with Gasteiger partial charge in [0, 0.05) is 22.8 Å². The minimum Gasteiger partial charge on any atom is -0.310 e. The van der Waals surface area contributed by atoms with Crippen molar-refractivity contribution in [3.63, 3.8) is 0 Å². The minimum atomic E-state index is -4.53. The molecule has 0 aliphatic carbocycles. The predicted octanol–water partition coefficient (Wildman–Crippen LogP) is 2.99. The molecular weight excluding hydrogens is 239 g/mol. The monoisotopic (exact) mass is 253 g/mol. The first-order valence-electron chi connectivity index (χ1n) is 4.86. The molecule has 1 aromatic heterocycles. The summed E-state index contributed by atoms with van der Waals surface area (Å²) in [6.45, 7) is 4.46. The number of rotatable bonds is 5. The highest BCUT2D eigenvalue weighted by Gasteiger charge is 2.28. The van der Waals surface area contributed by atoms with E-state index in [-0.39, 0.29) is 13.2 Å². The lowest BCUT2D eigenvalue weighted by Crippen LogP contribution is -2.23. The molecule has 0 aliphatic heterocycles. The SMILES string of the molecule is Cc1cc(CNCCOC(F)(F)F)sc1C. The Kier molecular flexibility index (Phi) is 4.76. The van der Waals surface area contributed by atoms with Gasteiger partial charge in [-0.2, -0.15) is 0 Å². The summed E-state index contributed by atoms with van der Waals surface area (Å²) in [5.41, 5.74) is 1.22. The van der Waals surface area contributed by atoms with Gasteiger partial charge in [0.15, 0.2) is 0 Å². The van der Waals surface area contributed by atoms with Crippen LogP contribution in [0.3, 0.4) is 0 Å². The van der Waals surface area contributed by atoms with Gasteiger partial charge < -0.3 is 5.32 Å². The number of halogens is 3. The van der Waals surface area contributed by atoms with Crippen molar-refractivity contribution < 1.29 is 17.9 Å². The standard InChI is InChI=1S/C10H14F3NOS/c1-7-5-9(16-8(7)2)6-14-3-4-15-10(11,12)13/h5,14H,3-4,6H2,1-2H3. The maximum atomic E-state index is 11.6. The van der Waals surface area contributed by atoms with Crippen LogP contribution in [0.25, 0.3) is 0 Å². The van der Waals surface area contributed by atoms with Crippen molar-refractivity contribution in [3.05, 3.63) is 21.4 Å². The maximum Gasteiger partial charge on any atom is 0.522 e. The Bertz CT molecular complexity index is 316. The summed E-state index contributed by atoms with van der Waals surface area (Å²) in [7, 11) is 0. The van der Waals surface area contributed by atoms with E-state index >= 15 is 0 Å². The highest BCUT2D eigenvalue weighted by molar-refractivity contribution is 7.12. The summed E-state index contributed by atoms with van der Waals surface area (Å²) in [4.78, 5) is 2.37. The molecule has 1 aromatic rings. The molecule has 0 saturated heterocycles. The van der Waals surface area contributed by atoms with Gasteiger partial charge in [-0.25, -0.2) is 0 Å². The number of nitrogens with one attached hydrogen (secondary N) is 1. The summed E-state index contributed by atoms with van der Waals surface area (Å²) >= 11 is 1.65. The molecule has 0 amide bonds. The zero-order valence-corrected chi connectivity index (χ0v) is 9.97. The first-order valence-corrected chi connectivity index (χ1v) is 5.67. The van der Waals surface area contributed by atoms with Crippen LogP contribution in [0, 0.1) is 13.8 Å². The summed E-state index contributed by atoms with van der Waals surface area (Å²) in [5, 5.41) is 2.90. The zero-order chi connectivity index (χ0) is 12.2. The Morgan fingerprint density at radius 1 is 1.38 bits per heavy atom. The molecule has 0 aromatic carbocycles. The number of alkyl halides is 3. The Morgan fingerprint density at radius 2 is 2.06 bits per heavy atom. The number of aryl methyl sites for hydroxylation is 2. The molecule has 6 heteroatoms. The second kappa shape index (κ2) is 5.65. The van der Waals surface area contributed by atoms with Crippen LogP contribution >= 0.6 is 11.3 Å². The van der Waals surface area contributed by atoms with Gasteiger partial charge >= 0.3 is 6.36 Å². The third-order valence-corrected chi connectivity index (χ3v) is 3.21. The lowest BCUT2D eigenvalue weighted by Gasteiger charge is -2.07. The van der Waals surface area contributed by atoms with E-state index in [9.17, 15) is 13.2 Å². The van der Waals surface area contributed by atoms with E-state index in [4.69, 9.17) is 0 Å². The third kappa shape index (κ3) is 4.96. The van der Waals surface area contributed by atoms with E-state index in [1.54, 1.807) is 11.3 Å². The van der Waals surface area contributed by atoms with E-state index in [0.29, 0.717) is 6.54 Å². The average molecular weight is 253 g/mol. The third-order valence-electron chi connectivity index (χ3n) is 2.06. The zero-order valence-electron chi connectivity index (χ0n) is 9.15. The lowest BCUT2D eigenvalue weighted by atomic mass is 10.3. The molecule has 0 bridgehead atoms.